The van der Waals surface area contributed by atoms with Crippen LogP contribution in [0.25, 0.3) is 12.2 Å². The van der Waals surface area contributed by atoms with Gasteiger partial charge in [-0.25, -0.2) is 4.98 Å². The molecule has 1 saturated heterocycles. The van der Waals surface area contributed by atoms with Gasteiger partial charge in [0.25, 0.3) is 0 Å². The van der Waals surface area contributed by atoms with Gasteiger partial charge in [-0.1, -0.05) is 12.2 Å². The number of fused-ring (bicyclic) bond motifs is 1. The molecule has 0 amide bonds. The van der Waals surface area contributed by atoms with Crippen molar-refractivity contribution < 1.29 is 0 Å². The lowest BCUT2D eigenvalue weighted by atomic mass is 10.2. The van der Waals surface area contributed by atoms with Gasteiger partial charge in [-0.05, 0) is 17.4 Å². The summed E-state index contributed by atoms with van der Waals surface area (Å²) in [6.07, 6.45) is 9.62. The summed E-state index contributed by atoms with van der Waals surface area (Å²) in [4.78, 5) is 9.20. The molecule has 1 aromatic rings. The van der Waals surface area contributed by atoms with E-state index in [0.29, 0.717) is 0 Å². The minimum Gasteiger partial charge on any atom is -0.381 e. The molecule has 4 nitrogen and oxygen atoms in total. The minimum absolute atomic E-state index is 0.960. The van der Waals surface area contributed by atoms with Gasteiger partial charge in [-0.2, -0.15) is 0 Å². The zero-order chi connectivity index (χ0) is 13.9. The first-order valence-corrected chi connectivity index (χ1v) is 7.25. The summed E-state index contributed by atoms with van der Waals surface area (Å²) in [5.41, 5.74) is 1.33. The van der Waals surface area contributed by atoms with Crippen molar-refractivity contribution in [2.45, 2.75) is 6.42 Å². The van der Waals surface area contributed by atoms with Crippen molar-refractivity contribution in [2.24, 2.45) is 0 Å². The van der Waals surface area contributed by atoms with Crippen LogP contribution >= 0.6 is 0 Å². The molecule has 1 N–H and O–H groups in total. The van der Waals surface area contributed by atoms with Crippen molar-refractivity contribution in [1.82, 2.24) is 15.2 Å². The van der Waals surface area contributed by atoms with Crippen molar-refractivity contribution >= 4 is 18.0 Å². The van der Waals surface area contributed by atoms with E-state index in [1.54, 1.807) is 0 Å². The third kappa shape index (κ3) is 2.56. The fourth-order valence-electron chi connectivity index (χ4n) is 2.75. The summed E-state index contributed by atoms with van der Waals surface area (Å²) in [5.74, 6) is 1.13. The second-order valence-electron chi connectivity index (χ2n) is 5.50. The highest BCUT2D eigenvalue weighted by molar-refractivity contribution is 5.54. The van der Waals surface area contributed by atoms with Gasteiger partial charge in [0, 0.05) is 63.8 Å². The molecule has 1 aromatic heterocycles. The zero-order valence-electron chi connectivity index (χ0n) is 12.3. The zero-order valence-corrected chi connectivity index (χ0v) is 12.3. The number of aromatic nitrogens is 1. The van der Waals surface area contributed by atoms with Crippen LogP contribution in [0.4, 0.5) is 5.82 Å². The lowest BCUT2D eigenvalue weighted by Gasteiger charge is -2.28. The number of piperazine rings is 1. The Hall–Kier alpha value is -1.81. The number of nitrogens with one attached hydrogen (secondary N) is 1. The smallest absolute Gasteiger partial charge is 0.136 e. The van der Waals surface area contributed by atoms with E-state index >= 15 is 0 Å². The number of pyridine rings is 1. The second kappa shape index (κ2) is 5.67. The molecule has 0 unspecified atom stereocenters. The minimum atomic E-state index is 0.960. The molecule has 1 aliphatic carbocycles. The Morgan fingerprint density at radius 3 is 2.75 bits per heavy atom. The molecule has 106 valence electrons. The number of hydrogen-bond acceptors (Lipinski definition) is 4. The van der Waals surface area contributed by atoms with Crippen molar-refractivity contribution in [1.29, 1.82) is 0 Å². The number of anilines is 1. The molecule has 0 atom stereocenters. The van der Waals surface area contributed by atoms with E-state index < -0.39 is 0 Å². The Bertz CT molecular complexity index is 624. The van der Waals surface area contributed by atoms with Gasteiger partial charge in [0.2, 0.25) is 0 Å². The first-order chi connectivity index (χ1) is 9.75. The molecule has 1 fully saturated rings. The summed E-state index contributed by atoms with van der Waals surface area (Å²) >= 11 is 0. The molecular formula is C16H22N4. The van der Waals surface area contributed by atoms with Gasteiger partial charge in [0.15, 0.2) is 0 Å². The normalized spacial score (nSPS) is 18.3. The van der Waals surface area contributed by atoms with Crippen LogP contribution in [0.15, 0.2) is 24.0 Å². The average Bonchev–Trinajstić information content (AvgIpc) is 2.70. The third-order valence-electron chi connectivity index (χ3n) is 3.96. The fourth-order valence-corrected chi connectivity index (χ4v) is 2.75. The number of allylic oxidation sites excluding steroid dienone is 2. The monoisotopic (exact) mass is 270 g/mol. The van der Waals surface area contributed by atoms with Crippen LogP contribution < -0.4 is 20.7 Å². The Labute approximate surface area is 120 Å². The predicted octanol–water partition coefficient (Wildman–Crippen LogP) is -0.0986. The lowest BCUT2D eigenvalue weighted by Crippen LogP contribution is -2.47. The number of nitrogens with zero attached hydrogens (tertiary/aromatic N) is 3. The number of rotatable bonds is 2. The van der Waals surface area contributed by atoms with Crippen molar-refractivity contribution in [3.63, 3.8) is 0 Å². The summed E-state index contributed by atoms with van der Waals surface area (Å²) in [6, 6.07) is 2.10. The molecule has 0 bridgehead atoms. The van der Waals surface area contributed by atoms with Crippen LogP contribution in [0.5, 0.6) is 0 Å². The van der Waals surface area contributed by atoms with E-state index in [0.717, 1.165) is 38.4 Å². The highest BCUT2D eigenvalue weighted by atomic mass is 15.2. The quantitative estimate of drug-likeness (QED) is 0.813. The van der Waals surface area contributed by atoms with E-state index in [1.165, 1.54) is 16.1 Å². The van der Waals surface area contributed by atoms with Gasteiger partial charge in [-0.15, -0.1) is 0 Å². The topological polar surface area (TPSA) is 31.4 Å². The van der Waals surface area contributed by atoms with Gasteiger partial charge >= 0.3 is 0 Å². The molecule has 0 radical (unpaired) electrons. The molecule has 0 spiro atoms. The van der Waals surface area contributed by atoms with E-state index in [2.05, 4.69) is 58.5 Å². The Morgan fingerprint density at radius 2 is 2.00 bits per heavy atom. The Morgan fingerprint density at radius 1 is 1.20 bits per heavy atom. The van der Waals surface area contributed by atoms with Gasteiger partial charge in [0.1, 0.15) is 5.82 Å². The summed E-state index contributed by atoms with van der Waals surface area (Å²) in [6.45, 7) is 4.14. The fraction of sp³-hybridized carbons (Fsp3) is 0.438. The van der Waals surface area contributed by atoms with E-state index in [4.69, 9.17) is 0 Å². The molecule has 0 saturated carbocycles. The molecule has 3 rings (SSSR count). The van der Waals surface area contributed by atoms with Crippen molar-refractivity contribution in [2.75, 3.05) is 45.2 Å². The molecule has 1 aliphatic heterocycles. The SMILES string of the molecule is CN(C)C1=CC=c2ccnc(N3CCNCC3)c2=CC1. The van der Waals surface area contributed by atoms with Crippen LogP contribution in [0.1, 0.15) is 6.42 Å². The van der Waals surface area contributed by atoms with Crippen molar-refractivity contribution in [3.8, 4) is 0 Å². The molecule has 20 heavy (non-hydrogen) atoms. The maximum atomic E-state index is 4.64. The van der Waals surface area contributed by atoms with E-state index in [1.807, 2.05) is 6.20 Å². The lowest BCUT2D eigenvalue weighted by molar-refractivity contribution is 0.505. The van der Waals surface area contributed by atoms with E-state index in [-0.39, 0.29) is 0 Å². The largest absolute Gasteiger partial charge is 0.381 e. The standard InChI is InChI=1S/C16H22N4/c1-19(2)14-4-3-13-7-8-18-16(15(13)6-5-14)20-11-9-17-10-12-20/h3-4,6-8,17H,5,9-12H2,1-2H3. The third-order valence-corrected chi connectivity index (χ3v) is 3.96. The highest BCUT2D eigenvalue weighted by Gasteiger charge is 2.13. The first-order valence-electron chi connectivity index (χ1n) is 7.25. The first kappa shape index (κ1) is 13.2. The van der Waals surface area contributed by atoms with Crippen LogP contribution in [0, 0.1) is 0 Å². The molecular weight excluding hydrogens is 248 g/mol. The van der Waals surface area contributed by atoms with Crippen LogP contribution in [0.2, 0.25) is 0 Å². The molecule has 2 heterocycles. The summed E-state index contributed by atoms with van der Waals surface area (Å²) in [5, 5.41) is 5.94. The van der Waals surface area contributed by atoms with Crippen LogP contribution in [-0.4, -0.2) is 50.2 Å². The Kier molecular flexibility index (Phi) is 3.74. The average molecular weight is 270 g/mol. The summed E-state index contributed by atoms with van der Waals surface area (Å²) in [7, 11) is 4.19. The predicted molar refractivity (Wildman–Crippen MR) is 83.9 cm³/mol. The molecule has 4 heteroatoms. The van der Waals surface area contributed by atoms with Crippen LogP contribution in [0.3, 0.4) is 0 Å². The number of hydrogen-bond donors (Lipinski definition) is 1. The second-order valence-corrected chi connectivity index (χ2v) is 5.50. The maximum Gasteiger partial charge on any atom is 0.136 e. The van der Waals surface area contributed by atoms with Crippen molar-refractivity contribution in [3.05, 3.63) is 34.5 Å². The van der Waals surface area contributed by atoms with Gasteiger partial charge < -0.3 is 15.1 Å². The van der Waals surface area contributed by atoms with E-state index in [9.17, 15) is 0 Å². The molecule has 2 aliphatic rings. The summed E-state index contributed by atoms with van der Waals surface area (Å²) < 4.78 is 0. The maximum absolute atomic E-state index is 4.64. The van der Waals surface area contributed by atoms with Gasteiger partial charge in [0.05, 0.1) is 0 Å². The van der Waals surface area contributed by atoms with Crippen LogP contribution in [-0.2, 0) is 0 Å². The molecule has 0 aromatic carbocycles. The van der Waals surface area contributed by atoms with Gasteiger partial charge in [-0.3, -0.25) is 0 Å². The Balaban J connectivity index is 2.03. The highest BCUT2D eigenvalue weighted by Crippen LogP contribution is 2.09.